The highest BCUT2D eigenvalue weighted by atomic mass is 32.1. The maximum Gasteiger partial charge on any atom is 0.0303 e. The van der Waals surface area contributed by atoms with Crippen LogP contribution in [0.4, 0.5) is 0 Å². The number of fused-ring (bicyclic) bond motifs is 1. The summed E-state index contributed by atoms with van der Waals surface area (Å²) in [6.07, 6.45) is 0. The third-order valence-corrected chi connectivity index (χ3v) is 3.56. The van der Waals surface area contributed by atoms with Gasteiger partial charge in [-0.2, -0.15) is 0 Å². The smallest absolute Gasteiger partial charge is 0.0303 e. The number of thiophene rings is 1. The summed E-state index contributed by atoms with van der Waals surface area (Å²) in [6, 6.07) is 2.35. The second kappa shape index (κ2) is 2.57. The van der Waals surface area contributed by atoms with E-state index in [2.05, 4.69) is 32.2 Å². The van der Waals surface area contributed by atoms with Crippen LogP contribution in [0.25, 0.3) is 0 Å². The molecule has 0 unspecified atom stereocenters. The minimum Gasteiger partial charge on any atom is -0.311 e. The first-order valence-electron chi connectivity index (χ1n) is 4.40. The van der Waals surface area contributed by atoms with E-state index < -0.39 is 0 Å². The summed E-state index contributed by atoms with van der Waals surface area (Å²) in [4.78, 5) is 2.97. The summed E-state index contributed by atoms with van der Waals surface area (Å²) < 4.78 is 0. The van der Waals surface area contributed by atoms with Gasteiger partial charge in [-0.05, 0) is 18.6 Å². The fraction of sp³-hybridized carbons (Fsp3) is 0.600. The van der Waals surface area contributed by atoms with Crippen molar-refractivity contribution >= 4 is 11.3 Å². The Kier molecular flexibility index (Phi) is 1.77. The maximum absolute atomic E-state index is 3.45. The van der Waals surface area contributed by atoms with Crippen molar-refractivity contribution in [3.8, 4) is 0 Å². The van der Waals surface area contributed by atoms with Crippen molar-refractivity contribution in [1.29, 1.82) is 0 Å². The summed E-state index contributed by atoms with van der Waals surface area (Å²) >= 11 is 1.93. The van der Waals surface area contributed by atoms with E-state index in [4.69, 9.17) is 0 Å². The number of hydrogen-bond donors (Lipinski definition) is 1. The molecule has 1 aromatic heterocycles. The first-order chi connectivity index (χ1) is 5.59. The lowest BCUT2D eigenvalue weighted by Crippen LogP contribution is -2.37. The minimum absolute atomic E-state index is 0.332. The SMILES string of the molecule is Cc1cc2c(s1)CNCC2(C)C. The zero-order chi connectivity index (χ0) is 8.77. The lowest BCUT2D eigenvalue weighted by Gasteiger charge is -2.30. The van der Waals surface area contributed by atoms with Crippen molar-refractivity contribution in [2.24, 2.45) is 0 Å². The molecule has 1 N–H and O–H groups in total. The van der Waals surface area contributed by atoms with Gasteiger partial charge in [0.15, 0.2) is 0 Å². The molecule has 0 saturated carbocycles. The van der Waals surface area contributed by atoms with Gasteiger partial charge in [0.05, 0.1) is 0 Å². The van der Waals surface area contributed by atoms with Gasteiger partial charge in [-0.25, -0.2) is 0 Å². The molecule has 1 nitrogen and oxygen atoms in total. The predicted octanol–water partition coefficient (Wildman–Crippen LogP) is 2.44. The Balaban J connectivity index is 2.51. The van der Waals surface area contributed by atoms with Gasteiger partial charge in [-0.3, -0.25) is 0 Å². The average Bonchev–Trinajstić information content (AvgIpc) is 2.30. The Morgan fingerprint density at radius 2 is 2.25 bits per heavy atom. The van der Waals surface area contributed by atoms with Crippen molar-refractivity contribution in [2.75, 3.05) is 6.54 Å². The van der Waals surface area contributed by atoms with Crippen LogP contribution in [0.2, 0.25) is 0 Å². The number of rotatable bonds is 0. The fourth-order valence-electron chi connectivity index (χ4n) is 1.85. The van der Waals surface area contributed by atoms with Gasteiger partial charge in [0.1, 0.15) is 0 Å². The normalized spacial score (nSPS) is 20.6. The van der Waals surface area contributed by atoms with Gasteiger partial charge in [0, 0.05) is 28.3 Å². The van der Waals surface area contributed by atoms with Crippen molar-refractivity contribution in [2.45, 2.75) is 32.7 Å². The zero-order valence-corrected chi connectivity index (χ0v) is 8.72. The average molecular weight is 181 g/mol. The molecule has 1 aliphatic heterocycles. The predicted molar refractivity (Wildman–Crippen MR) is 53.8 cm³/mol. The quantitative estimate of drug-likeness (QED) is 0.648. The first-order valence-corrected chi connectivity index (χ1v) is 5.22. The first kappa shape index (κ1) is 8.27. The lowest BCUT2D eigenvalue weighted by atomic mass is 9.82. The molecule has 0 aliphatic carbocycles. The van der Waals surface area contributed by atoms with Crippen LogP contribution in [0.15, 0.2) is 6.07 Å². The summed E-state index contributed by atoms with van der Waals surface area (Å²) in [6.45, 7) is 8.99. The number of aryl methyl sites for hydroxylation is 1. The van der Waals surface area contributed by atoms with Crippen LogP contribution in [-0.2, 0) is 12.0 Å². The molecule has 2 rings (SSSR count). The molecule has 0 bridgehead atoms. The Morgan fingerprint density at radius 1 is 1.50 bits per heavy atom. The Hall–Kier alpha value is -0.340. The van der Waals surface area contributed by atoms with Crippen LogP contribution < -0.4 is 5.32 Å². The van der Waals surface area contributed by atoms with E-state index in [-0.39, 0.29) is 0 Å². The molecular weight excluding hydrogens is 166 g/mol. The van der Waals surface area contributed by atoms with E-state index in [0.29, 0.717) is 5.41 Å². The van der Waals surface area contributed by atoms with E-state index in [1.165, 1.54) is 9.75 Å². The van der Waals surface area contributed by atoms with E-state index in [0.717, 1.165) is 13.1 Å². The van der Waals surface area contributed by atoms with E-state index in [9.17, 15) is 0 Å². The molecule has 1 aliphatic rings. The second-order valence-electron chi connectivity index (χ2n) is 4.18. The minimum atomic E-state index is 0.332. The standard InChI is InChI=1S/C10H15NS/c1-7-4-8-9(12-7)5-11-6-10(8,2)3/h4,11H,5-6H2,1-3H3. The summed E-state index contributed by atoms with van der Waals surface area (Å²) in [5.41, 5.74) is 1.89. The summed E-state index contributed by atoms with van der Waals surface area (Å²) in [5, 5.41) is 3.45. The molecule has 1 aromatic rings. The molecule has 2 heteroatoms. The Bertz CT molecular complexity index is 299. The largest absolute Gasteiger partial charge is 0.311 e. The number of hydrogen-bond acceptors (Lipinski definition) is 2. The van der Waals surface area contributed by atoms with Crippen LogP contribution in [0.5, 0.6) is 0 Å². The number of nitrogens with one attached hydrogen (secondary N) is 1. The van der Waals surface area contributed by atoms with Gasteiger partial charge >= 0.3 is 0 Å². The topological polar surface area (TPSA) is 12.0 Å². The molecule has 0 atom stereocenters. The monoisotopic (exact) mass is 181 g/mol. The maximum atomic E-state index is 3.45. The van der Waals surface area contributed by atoms with Gasteiger partial charge in [0.25, 0.3) is 0 Å². The highest BCUT2D eigenvalue weighted by molar-refractivity contribution is 7.12. The summed E-state index contributed by atoms with van der Waals surface area (Å²) in [7, 11) is 0. The molecular formula is C10H15NS. The van der Waals surface area contributed by atoms with Gasteiger partial charge in [-0.15, -0.1) is 11.3 Å². The van der Waals surface area contributed by atoms with E-state index in [1.807, 2.05) is 11.3 Å². The van der Waals surface area contributed by atoms with Gasteiger partial charge in [-0.1, -0.05) is 13.8 Å². The molecule has 66 valence electrons. The lowest BCUT2D eigenvalue weighted by molar-refractivity contribution is 0.440. The Labute approximate surface area is 77.8 Å². The van der Waals surface area contributed by atoms with Crippen LogP contribution in [-0.4, -0.2) is 6.54 Å². The van der Waals surface area contributed by atoms with E-state index >= 15 is 0 Å². The molecule has 0 spiro atoms. The molecule has 0 amide bonds. The van der Waals surface area contributed by atoms with Crippen LogP contribution in [0.1, 0.15) is 29.2 Å². The van der Waals surface area contributed by atoms with Crippen molar-refractivity contribution < 1.29 is 0 Å². The zero-order valence-electron chi connectivity index (χ0n) is 7.90. The van der Waals surface area contributed by atoms with Crippen molar-refractivity contribution in [3.05, 3.63) is 21.4 Å². The highest BCUT2D eigenvalue weighted by Crippen LogP contribution is 2.34. The molecule has 0 fully saturated rings. The molecule has 2 heterocycles. The van der Waals surface area contributed by atoms with Crippen molar-refractivity contribution in [3.63, 3.8) is 0 Å². The highest BCUT2D eigenvalue weighted by Gasteiger charge is 2.28. The Morgan fingerprint density at radius 3 is 2.92 bits per heavy atom. The van der Waals surface area contributed by atoms with Gasteiger partial charge < -0.3 is 5.32 Å². The van der Waals surface area contributed by atoms with Crippen LogP contribution in [0, 0.1) is 6.92 Å². The molecule has 12 heavy (non-hydrogen) atoms. The third kappa shape index (κ3) is 1.19. The van der Waals surface area contributed by atoms with Crippen LogP contribution >= 0.6 is 11.3 Å². The third-order valence-electron chi connectivity index (χ3n) is 2.51. The van der Waals surface area contributed by atoms with Crippen molar-refractivity contribution in [1.82, 2.24) is 5.32 Å². The second-order valence-corrected chi connectivity index (χ2v) is 5.52. The molecule has 0 radical (unpaired) electrons. The molecule has 0 aromatic carbocycles. The fourth-order valence-corrected chi connectivity index (χ4v) is 3.04. The summed E-state index contributed by atoms with van der Waals surface area (Å²) in [5.74, 6) is 0. The molecule has 0 saturated heterocycles. The van der Waals surface area contributed by atoms with Gasteiger partial charge in [0.2, 0.25) is 0 Å². The van der Waals surface area contributed by atoms with E-state index in [1.54, 1.807) is 5.56 Å². The van der Waals surface area contributed by atoms with Crippen LogP contribution in [0.3, 0.4) is 0 Å².